The number of benzene rings is 2. The maximum atomic E-state index is 12.2. The molecule has 0 fully saturated rings. The van der Waals surface area contributed by atoms with Gasteiger partial charge in [0.25, 0.3) is 5.91 Å². The zero-order valence-electron chi connectivity index (χ0n) is 15.7. The first-order chi connectivity index (χ1) is 13.4. The molecule has 3 N–H and O–H groups in total. The monoisotopic (exact) mass is 399 g/mol. The Balaban J connectivity index is 1.93. The lowest BCUT2D eigenvalue weighted by Gasteiger charge is -2.15. The number of esters is 1. The van der Waals surface area contributed by atoms with Crippen molar-refractivity contribution in [1.29, 1.82) is 5.41 Å². The number of amides is 1. The molecule has 0 heterocycles. The largest absolute Gasteiger partial charge is 0.455 e. The van der Waals surface area contributed by atoms with Crippen LogP contribution < -0.4 is 10.6 Å². The number of rotatable bonds is 8. The molecule has 2 rings (SSSR count). The Morgan fingerprint density at radius 3 is 2.32 bits per heavy atom. The number of ether oxygens (including phenoxy) is 1. The van der Waals surface area contributed by atoms with Crippen molar-refractivity contribution < 1.29 is 14.3 Å². The molecule has 0 aliphatic carbocycles. The van der Waals surface area contributed by atoms with Crippen LogP contribution in [0.1, 0.15) is 19.4 Å². The topological polar surface area (TPSA) is 91.3 Å². The molecule has 6 nitrogen and oxygen atoms in total. The van der Waals surface area contributed by atoms with E-state index in [2.05, 4.69) is 10.6 Å². The van der Waals surface area contributed by atoms with Gasteiger partial charge in [-0.05, 0) is 37.6 Å². The van der Waals surface area contributed by atoms with Crippen LogP contribution in [0, 0.1) is 5.41 Å². The van der Waals surface area contributed by atoms with Crippen LogP contribution in [0.3, 0.4) is 0 Å². The summed E-state index contributed by atoms with van der Waals surface area (Å²) in [4.78, 5) is 24.1. The summed E-state index contributed by atoms with van der Waals surface area (Å²) in [6, 6.07) is 16.3. The van der Waals surface area contributed by atoms with Crippen molar-refractivity contribution in [2.45, 2.75) is 20.3 Å². The van der Waals surface area contributed by atoms with E-state index in [1.807, 2.05) is 30.3 Å². The first-order valence-corrected chi connectivity index (χ1v) is 9.02. The predicted molar refractivity (Wildman–Crippen MR) is 110 cm³/mol. The van der Waals surface area contributed by atoms with E-state index in [9.17, 15) is 9.59 Å². The van der Waals surface area contributed by atoms with Crippen LogP contribution >= 0.6 is 11.6 Å². The highest BCUT2D eigenvalue weighted by Crippen LogP contribution is 2.16. The lowest BCUT2D eigenvalue weighted by Crippen LogP contribution is -2.32. The normalized spacial score (nSPS) is 11.2. The van der Waals surface area contributed by atoms with E-state index >= 15 is 0 Å². The van der Waals surface area contributed by atoms with Gasteiger partial charge in [0.05, 0.1) is 17.8 Å². The number of carbonyl (C=O) groups excluding carboxylic acids is 2. The Morgan fingerprint density at radius 1 is 1.04 bits per heavy atom. The molecule has 0 bridgehead atoms. The number of anilines is 1. The molecular formula is C21H22ClN3O3. The average Bonchev–Trinajstić information content (AvgIpc) is 2.66. The summed E-state index contributed by atoms with van der Waals surface area (Å²) in [6.45, 7) is 2.87. The minimum Gasteiger partial charge on any atom is -0.455 e. The van der Waals surface area contributed by atoms with Crippen LogP contribution in [-0.2, 0) is 20.7 Å². The molecule has 0 radical (unpaired) electrons. The molecule has 0 aliphatic rings. The van der Waals surface area contributed by atoms with Crippen LogP contribution in [0.2, 0.25) is 5.02 Å². The number of hydrogen-bond donors (Lipinski definition) is 3. The van der Waals surface area contributed by atoms with Crippen LogP contribution in [-0.4, -0.2) is 24.2 Å². The summed E-state index contributed by atoms with van der Waals surface area (Å²) in [5.41, 5.74) is 2.58. The summed E-state index contributed by atoms with van der Waals surface area (Å²) in [5.74, 6) is -1.08. The zero-order valence-corrected chi connectivity index (χ0v) is 16.5. The quantitative estimate of drug-likeness (QED) is 0.463. The SMILES string of the molecule is CC(=N)/C(NC(=O)COC(=O)Cc1ccccc1Cl)=C(/C)Nc1ccccc1. The van der Waals surface area contributed by atoms with Gasteiger partial charge in [0.15, 0.2) is 6.61 Å². The molecule has 0 spiro atoms. The lowest BCUT2D eigenvalue weighted by molar-refractivity contribution is -0.147. The molecule has 28 heavy (non-hydrogen) atoms. The van der Waals surface area contributed by atoms with E-state index in [0.29, 0.717) is 22.0 Å². The molecule has 146 valence electrons. The minimum absolute atomic E-state index is 0.0200. The Hall–Kier alpha value is -3.12. The van der Waals surface area contributed by atoms with Crippen molar-refractivity contribution in [3.8, 4) is 0 Å². The molecule has 2 aromatic carbocycles. The van der Waals surface area contributed by atoms with Crippen molar-refractivity contribution in [3.05, 3.63) is 76.6 Å². The summed E-state index contributed by atoms with van der Waals surface area (Å²) in [6.07, 6.45) is -0.0200. The van der Waals surface area contributed by atoms with Gasteiger partial charge in [0.1, 0.15) is 0 Å². The molecule has 0 aromatic heterocycles. The second-order valence-corrected chi connectivity index (χ2v) is 6.50. The number of nitrogens with one attached hydrogen (secondary N) is 3. The zero-order chi connectivity index (χ0) is 20.5. The lowest BCUT2D eigenvalue weighted by atomic mass is 10.1. The van der Waals surface area contributed by atoms with Gasteiger partial charge in [-0.3, -0.25) is 9.59 Å². The molecule has 0 unspecified atom stereocenters. The van der Waals surface area contributed by atoms with Gasteiger partial charge in [-0.15, -0.1) is 0 Å². The number of hydrogen-bond acceptors (Lipinski definition) is 5. The molecular weight excluding hydrogens is 378 g/mol. The van der Waals surface area contributed by atoms with E-state index in [1.165, 1.54) is 0 Å². The van der Waals surface area contributed by atoms with E-state index in [1.54, 1.807) is 38.1 Å². The van der Waals surface area contributed by atoms with E-state index in [-0.39, 0.29) is 12.1 Å². The van der Waals surface area contributed by atoms with Gasteiger partial charge in [0.2, 0.25) is 0 Å². The Bertz CT molecular complexity index is 895. The van der Waals surface area contributed by atoms with Crippen molar-refractivity contribution >= 4 is 34.9 Å². The van der Waals surface area contributed by atoms with Crippen LogP contribution in [0.25, 0.3) is 0 Å². The Kier molecular flexibility index (Phi) is 7.77. The highest BCUT2D eigenvalue weighted by molar-refractivity contribution is 6.31. The minimum atomic E-state index is -0.556. The Morgan fingerprint density at radius 2 is 1.68 bits per heavy atom. The van der Waals surface area contributed by atoms with Crippen LogP contribution in [0.5, 0.6) is 0 Å². The second kappa shape index (κ2) is 10.3. The van der Waals surface area contributed by atoms with Crippen molar-refractivity contribution in [1.82, 2.24) is 5.32 Å². The number of halogens is 1. The molecule has 0 atom stereocenters. The average molecular weight is 400 g/mol. The van der Waals surface area contributed by atoms with E-state index in [0.717, 1.165) is 5.69 Å². The van der Waals surface area contributed by atoms with Gasteiger partial charge in [-0.25, -0.2) is 0 Å². The molecule has 2 aromatic rings. The van der Waals surface area contributed by atoms with Crippen LogP contribution in [0.4, 0.5) is 5.69 Å². The summed E-state index contributed by atoms with van der Waals surface area (Å²) in [7, 11) is 0. The first kappa shape index (κ1) is 21.2. The maximum Gasteiger partial charge on any atom is 0.310 e. The number of carbonyl (C=O) groups is 2. The van der Waals surface area contributed by atoms with Crippen molar-refractivity contribution in [3.63, 3.8) is 0 Å². The molecule has 0 aliphatic heterocycles. The van der Waals surface area contributed by atoms with Gasteiger partial charge in [0, 0.05) is 16.4 Å². The molecule has 1 amide bonds. The van der Waals surface area contributed by atoms with E-state index < -0.39 is 18.5 Å². The molecule has 0 saturated heterocycles. The summed E-state index contributed by atoms with van der Waals surface area (Å²) >= 11 is 6.01. The molecule has 0 saturated carbocycles. The first-order valence-electron chi connectivity index (χ1n) is 8.64. The fraction of sp³-hybridized carbons (Fsp3) is 0.190. The highest BCUT2D eigenvalue weighted by Gasteiger charge is 2.14. The van der Waals surface area contributed by atoms with Gasteiger partial charge < -0.3 is 20.8 Å². The van der Waals surface area contributed by atoms with E-state index in [4.69, 9.17) is 21.7 Å². The smallest absolute Gasteiger partial charge is 0.310 e. The predicted octanol–water partition coefficient (Wildman–Crippen LogP) is 3.93. The molecule has 7 heteroatoms. The number of para-hydroxylation sites is 1. The third kappa shape index (κ3) is 6.55. The maximum absolute atomic E-state index is 12.2. The van der Waals surface area contributed by atoms with Gasteiger partial charge >= 0.3 is 5.97 Å². The second-order valence-electron chi connectivity index (χ2n) is 6.09. The van der Waals surface area contributed by atoms with Gasteiger partial charge in [-0.2, -0.15) is 0 Å². The van der Waals surface area contributed by atoms with Crippen molar-refractivity contribution in [2.24, 2.45) is 0 Å². The third-order valence-electron chi connectivity index (χ3n) is 3.78. The summed E-state index contributed by atoms with van der Waals surface area (Å²) < 4.78 is 5.02. The van der Waals surface area contributed by atoms with Crippen molar-refractivity contribution in [2.75, 3.05) is 11.9 Å². The van der Waals surface area contributed by atoms with Crippen LogP contribution in [0.15, 0.2) is 66.0 Å². The fourth-order valence-electron chi connectivity index (χ4n) is 2.44. The summed E-state index contributed by atoms with van der Waals surface area (Å²) in [5, 5.41) is 14.1. The highest BCUT2D eigenvalue weighted by atomic mass is 35.5. The third-order valence-corrected chi connectivity index (χ3v) is 4.15. The fourth-order valence-corrected chi connectivity index (χ4v) is 2.64. The number of allylic oxidation sites excluding steroid dienone is 2. The standard InChI is InChI=1S/C21H22ClN3O3/c1-14(23)21(15(2)24-17-9-4-3-5-10-17)25-19(26)13-28-20(27)12-16-8-6-7-11-18(16)22/h3-11,23-24H,12-13H2,1-2H3,(H,25,26)/b21-15+,23-14?. The van der Waals surface area contributed by atoms with Gasteiger partial charge in [-0.1, -0.05) is 48.0 Å². The Labute approximate surface area is 169 Å².